The zero-order chi connectivity index (χ0) is 13.3. The quantitative estimate of drug-likeness (QED) is 0.760. The predicted molar refractivity (Wildman–Crippen MR) is 79.2 cm³/mol. The summed E-state index contributed by atoms with van der Waals surface area (Å²) < 4.78 is 5.81. The van der Waals surface area contributed by atoms with Gasteiger partial charge in [-0.1, -0.05) is 49.4 Å². The summed E-state index contributed by atoms with van der Waals surface area (Å²) in [6.45, 7) is 4.75. The van der Waals surface area contributed by atoms with Gasteiger partial charge in [0.25, 0.3) is 0 Å². The highest BCUT2D eigenvalue weighted by Gasteiger charge is 2.02. The summed E-state index contributed by atoms with van der Waals surface area (Å²) in [5, 5.41) is 3.43. The zero-order valence-electron chi connectivity index (χ0n) is 11.4. The molecular weight excluding hydrogens is 234 g/mol. The Morgan fingerprint density at radius 2 is 1.58 bits per heavy atom. The molecular formula is C17H21NO. The maximum absolute atomic E-state index is 5.81. The molecule has 2 aromatic carbocycles. The highest BCUT2D eigenvalue weighted by molar-refractivity contribution is 5.28. The molecule has 19 heavy (non-hydrogen) atoms. The first kappa shape index (κ1) is 13.6. The molecule has 0 bridgehead atoms. The minimum atomic E-state index is 0.619. The molecule has 0 saturated carbocycles. The Morgan fingerprint density at radius 1 is 0.895 bits per heavy atom. The summed E-state index contributed by atoms with van der Waals surface area (Å²) in [4.78, 5) is 0. The third-order valence-electron chi connectivity index (χ3n) is 3.00. The predicted octanol–water partition coefficient (Wildman–Crippen LogP) is 3.77. The first-order chi connectivity index (χ1) is 9.40. The Labute approximate surface area is 115 Å². The molecule has 0 unspecified atom stereocenters. The maximum atomic E-state index is 5.81. The van der Waals surface area contributed by atoms with Crippen molar-refractivity contribution in [3.63, 3.8) is 0 Å². The third-order valence-corrected chi connectivity index (χ3v) is 3.00. The smallest absolute Gasteiger partial charge is 0.119 e. The molecule has 0 aliphatic rings. The average molecular weight is 255 g/mol. The van der Waals surface area contributed by atoms with E-state index in [0.29, 0.717) is 6.61 Å². The van der Waals surface area contributed by atoms with Gasteiger partial charge < -0.3 is 10.1 Å². The van der Waals surface area contributed by atoms with Gasteiger partial charge >= 0.3 is 0 Å². The second kappa shape index (κ2) is 7.59. The minimum Gasteiger partial charge on any atom is -0.489 e. The largest absolute Gasteiger partial charge is 0.489 e. The second-order valence-corrected chi connectivity index (χ2v) is 4.55. The minimum absolute atomic E-state index is 0.619. The molecule has 0 heterocycles. The van der Waals surface area contributed by atoms with Gasteiger partial charge in [0, 0.05) is 6.54 Å². The van der Waals surface area contributed by atoms with E-state index >= 15 is 0 Å². The van der Waals surface area contributed by atoms with Gasteiger partial charge in [-0.2, -0.15) is 0 Å². The van der Waals surface area contributed by atoms with Crippen LogP contribution < -0.4 is 10.1 Å². The van der Waals surface area contributed by atoms with Gasteiger partial charge in [0.1, 0.15) is 12.4 Å². The monoisotopic (exact) mass is 255 g/mol. The average Bonchev–Trinajstić information content (AvgIpc) is 2.48. The van der Waals surface area contributed by atoms with Crippen molar-refractivity contribution in [1.29, 1.82) is 0 Å². The summed E-state index contributed by atoms with van der Waals surface area (Å²) >= 11 is 0. The van der Waals surface area contributed by atoms with E-state index < -0.39 is 0 Å². The second-order valence-electron chi connectivity index (χ2n) is 4.55. The van der Waals surface area contributed by atoms with Crippen LogP contribution in [0.3, 0.4) is 0 Å². The van der Waals surface area contributed by atoms with Crippen LogP contribution in [0.5, 0.6) is 5.75 Å². The van der Waals surface area contributed by atoms with E-state index in [1.807, 2.05) is 30.3 Å². The first-order valence-corrected chi connectivity index (χ1v) is 6.85. The Bertz CT molecular complexity index is 482. The van der Waals surface area contributed by atoms with E-state index in [1.54, 1.807) is 0 Å². The Balaban J connectivity index is 1.95. The van der Waals surface area contributed by atoms with Gasteiger partial charge in [0.15, 0.2) is 0 Å². The van der Waals surface area contributed by atoms with Gasteiger partial charge in [0.05, 0.1) is 0 Å². The lowest BCUT2D eigenvalue weighted by atomic mass is 10.1. The Hall–Kier alpha value is -1.80. The Morgan fingerprint density at radius 3 is 2.32 bits per heavy atom. The van der Waals surface area contributed by atoms with Crippen LogP contribution in [0.4, 0.5) is 0 Å². The summed E-state index contributed by atoms with van der Waals surface area (Å²) in [7, 11) is 0. The van der Waals surface area contributed by atoms with Crippen LogP contribution in [0.2, 0.25) is 0 Å². The van der Waals surface area contributed by atoms with Crippen molar-refractivity contribution < 1.29 is 4.74 Å². The normalized spacial score (nSPS) is 10.4. The number of hydrogen-bond acceptors (Lipinski definition) is 2. The van der Waals surface area contributed by atoms with Gasteiger partial charge in [0.2, 0.25) is 0 Å². The van der Waals surface area contributed by atoms with Crippen molar-refractivity contribution in [2.75, 3.05) is 6.54 Å². The summed E-state index contributed by atoms with van der Waals surface area (Å²) in [6.07, 6.45) is 1.16. The van der Waals surface area contributed by atoms with Crippen molar-refractivity contribution in [2.24, 2.45) is 0 Å². The van der Waals surface area contributed by atoms with E-state index in [2.05, 4.69) is 36.5 Å². The van der Waals surface area contributed by atoms with E-state index in [-0.39, 0.29) is 0 Å². The first-order valence-electron chi connectivity index (χ1n) is 6.85. The number of nitrogens with one attached hydrogen (secondary N) is 1. The lowest BCUT2D eigenvalue weighted by molar-refractivity contribution is 0.304. The molecule has 0 spiro atoms. The molecule has 0 fully saturated rings. The van der Waals surface area contributed by atoms with Crippen LogP contribution in [-0.2, 0) is 13.2 Å². The molecule has 2 nitrogen and oxygen atoms in total. The number of rotatable bonds is 7. The van der Waals surface area contributed by atoms with Crippen LogP contribution in [0.15, 0.2) is 54.6 Å². The molecule has 0 saturated heterocycles. The number of para-hydroxylation sites is 1. The van der Waals surface area contributed by atoms with Crippen LogP contribution >= 0.6 is 0 Å². The number of ether oxygens (including phenoxy) is 1. The SMILES string of the molecule is CCCNCc1ccccc1COc1ccccc1. The summed E-state index contributed by atoms with van der Waals surface area (Å²) in [6, 6.07) is 18.4. The summed E-state index contributed by atoms with van der Waals surface area (Å²) in [5.41, 5.74) is 2.56. The van der Waals surface area contributed by atoms with Crippen molar-refractivity contribution >= 4 is 0 Å². The molecule has 0 radical (unpaired) electrons. The van der Waals surface area contributed by atoms with Gasteiger partial charge in [-0.25, -0.2) is 0 Å². The number of benzene rings is 2. The standard InChI is InChI=1S/C17H21NO/c1-2-12-18-13-15-8-6-7-9-16(15)14-19-17-10-4-3-5-11-17/h3-11,18H,2,12-14H2,1H3. The van der Waals surface area contributed by atoms with E-state index in [4.69, 9.17) is 4.74 Å². The molecule has 0 atom stereocenters. The fourth-order valence-corrected chi connectivity index (χ4v) is 1.95. The molecule has 100 valence electrons. The molecule has 0 aliphatic carbocycles. The zero-order valence-corrected chi connectivity index (χ0v) is 11.4. The van der Waals surface area contributed by atoms with Gasteiger partial charge in [-0.3, -0.25) is 0 Å². The highest BCUT2D eigenvalue weighted by Crippen LogP contribution is 2.14. The fraction of sp³-hybridized carbons (Fsp3) is 0.294. The van der Waals surface area contributed by atoms with E-state index in [1.165, 1.54) is 11.1 Å². The molecule has 0 amide bonds. The highest BCUT2D eigenvalue weighted by atomic mass is 16.5. The topological polar surface area (TPSA) is 21.3 Å². The van der Waals surface area contributed by atoms with E-state index in [0.717, 1.165) is 25.3 Å². The lowest BCUT2D eigenvalue weighted by Crippen LogP contribution is -2.15. The third kappa shape index (κ3) is 4.42. The summed E-state index contributed by atoms with van der Waals surface area (Å²) in [5.74, 6) is 0.916. The van der Waals surface area contributed by atoms with Crippen LogP contribution in [-0.4, -0.2) is 6.54 Å². The Kier molecular flexibility index (Phi) is 5.45. The van der Waals surface area contributed by atoms with Crippen LogP contribution in [0, 0.1) is 0 Å². The molecule has 0 aromatic heterocycles. The molecule has 0 aliphatic heterocycles. The van der Waals surface area contributed by atoms with Crippen molar-refractivity contribution in [3.05, 3.63) is 65.7 Å². The number of hydrogen-bond donors (Lipinski definition) is 1. The van der Waals surface area contributed by atoms with E-state index in [9.17, 15) is 0 Å². The van der Waals surface area contributed by atoms with Crippen molar-refractivity contribution in [3.8, 4) is 5.75 Å². The van der Waals surface area contributed by atoms with Crippen LogP contribution in [0.1, 0.15) is 24.5 Å². The fourth-order valence-electron chi connectivity index (χ4n) is 1.95. The molecule has 2 aromatic rings. The van der Waals surface area contributed by atoms with Crippen LogP contribution in [0.25, 0.3) is 0 Å². The lowest BCUT2D eigenvalue weighted by Gasteiger charge is -2.11. The van der Waals surface area contributed by atoms with Crippen molar-refractivity contribution in [2.45, 2.75) is 26.5 Å². The van der Waals surface area contributed by atoms with Gasteiger partial charge in [-0.15, -0.1) is 0 Å². The van der Waals surface area contributed by atoms with Gasteiger partial charge in [-0.05, 0) is 36.2 Å². The molecule has 1 N–H and O–H groups in total. The molecule has 2 heteroatoms. The van der Waals surface area contributed by atoms with Crippen molar-refractivity contribution in [1.82, 2.24) is 5.32 Å². The molecule has 2 rings (SSSR count). The maximum Gasteiger partial charge on any atom is 0.119 e.